The summed E-state index contributed by atoms with van der Waals surface area (Å²) in [6.45, 7) is 4.93. The highest BCUT2D eigenvalue weighted by atomic mass is 16.5. The molecule has 0 radical (unpaired) electrons. The average Bonchev–Trinajstić information content (AvgIpc) is 3.12. The molecule has 2 heterocycles. The largest absolute Gasteiger partial charge is 0.497 e. The van der Waals surface area contributed by atoms with Crippen molar-refractivity contribution in [2.75, 3.05) is 33.3 Å². The lowest BCUT2D eigenvalue weighted by Gasteiger charge is -2.21. The molecule has 0 aliphatic carbocycles. The van der Waals surface area contributed by atoms with Crippen LogP contribution in [-0.2, 0) is 13.1 Å². The highest BCUT2D eigenvalue weighted by molar-refractivity contribution is 5.93. The summed E-state index contributed by atoms with van der Waals surface area (Å²) in [6, 6.07) is 18.4. The number of ether oxygens (including phenoxy) is 1. The summed E-state index contributed by atoms with van der Waals surface area (Å²) in [5, 5.41) is 4.38. The molecular formula is C24H28N4O2. The van der Waals surface area contributed by atoms with Crippen molar-refractivity contribution in [3.05, 3.63) is 83.7 Å². The van der Waals surface area contributed by atoms with E-state index in [-0.39, 0.29) is 5.91 Å². The number of rotatable bonds is 6. The van der Waals surface area contributed by atoms with E-state index in [0.717, 1.165) is 44.9 Å². The minimum Gasteiger partial charge on any atom is -0.497 e. The Kier molecular flexibility index (Phi) is 6.44. The van der Waals surface area contributed by atoms with Crippen molar-refractivity contribution in [3.8, 4) is 5.75 Å². The molecule has 1 fully saturated rings. The van der Waals surface area contributed by atoms with Crippen LogP contribution in [0, 0.1) is 0 Å². The topological polar surface area (TPSA) is 50.6 Å². The number of methoxy groups -OCH3 is 1. The van der Waals surface area contributed by atoms with Crippen molar-refractivity contribution < 1.29 is 9.53 Å². The summed E-state index contributed by atoms with van der Waals surface area (Å²) in [7, 11) is 1.68. The number of amides is 1. The van der Waals surface area contributed by atoms with Gasteiger partial charge in [-0.3, -0.25) is 14.4 Å². The third kappa shape index (κ3) is 5.07. The maximum absolute atomic E-state index is 13.0. The van der Waals surface area contributed by atoms with Gasteiger partial charge in [-0.2, -0.15) is 5.10 Å². The van der Waals surface area contributed by atoms with Gasteiger partial charge in [0.25, 0.3) is 5.91 Å². The Bertz CT molecular complexity index is 953. The summed E-state index contributed by atoms with van der Waals surface area (Å²) in [5.74, 6) is 0.944. The summed E-state index contributed by atoms with van der Waals surface area (Å²) in [4.78, 5) is 17.4. The van der Waals surface area contributed by atoms with E-state index in [1.54, 1.807) is 13.3 Å². The van der Waals surface area contributed by atoms with Crippen LogP contribution in [0.2, 0.25) is 0 Å². The first-order chi connectivity index (χ1) is 14.7. The molecule has 1 amide bonds. The number of hydrogen-bond acceptors (Lipinski definition) is 4. The minimum atomic E-state index is 0.0700. The zero-order valence-corrected chi connectivity index (χ0v) is 17.4. The second-order valence-corrected chi connectivity index (χ2v) is 7.68. The van der Waals surface area contributed by atoms with Gasteiger partial charge in [-0.05, 0) is 29.7 Å². The number of benzene rings is 2. The first-order valence-corrected chi connectivity index (χ1v) is 10.4. The van der Waals surface area contributed by atoms with Crippen LogP contribution in [0.25, 0.3) is 0 Å². The number of aromatic nitrogens is 2. The highest BCUT2D eigenvalue weighted by Gasteiger charge is 2.21. The fourth-order valence-corrected chi connectivity index (χ4v) is 3.83. The van der Waals surface area contributed by atoms with Crippen LogP contribution in [0.4, 0.5) is 0 Å². The van der Waals surface area contributed by atoms with Crippen molar-refractivity contribution in [2.24, 2.45) is 0 Å². The van der Waals surface area contributed by atoms with Gasteiger partial charge < -0.3 is 9.64 Å². The second-order valence-electron chi connectivity index (χ2n) is 7.68. The SMILES string of the molecule is COc1ccc(CN2CCCN(C(=O)c3cnn(Cc4ccccc4)c3)CC2)cc1. The van der Waals surface area contributed by atoms with Crippen molar-refractivity contribution >= 4 is 5.91 Å². The zero-order chi connectivity index (χ0) is 20.8. The molecule has 6 nitrogen and oxygen atoms in total. The van der Waals surface area contributed by atoms with Gasteiger partial charge in [-0.1, -0.05) is 42.5 Å². The Balaban J connectivity index is 1.33. The maximum atomic E-state index is 13.0. The Labute approximate surface area is 177 Å². The number of carbonyl (C=O) groups excluding carboxylic acids is 1. The number of nitrogens with zero attached hydrogens (tertiary/aromatic N) is 4. The molecule has 4 rings (SSSR count). The molecule has 30 heavy (non-hydrogen) atoms. The zero-order valence-electron chi connectivity index (χ0n) is 17.4. The molecule has 0 bridgehead atoms. The molecule has 0 atom stereocenters. The van der Waals surface area contributed by atoms with Gasteiger partial charge >= 0.3 is 0 Å². The molecule has 0 N–H and O–H groups in total. The molecule has 156 valence electrons. The third-order valence-electron chi connectivity index (χ3n) is 5.51. The predicted molar refractivity (Wildman–Crippen MR) is 117 cm³/mol. The summed E-state index contributed by atoms with van der Waals surface area (Å²) in [5.41, 5.74) is 3.09. The Hall–Kier alpha value is -3.12. The summed E-state index contributed by atoms with van der Waals surface area (Å²) in [6.07, 6.45) is 4.51. The van der Waals surface area contributed by atoms with Crippen LogP contribution in [0.5, 0.6) is 5.75 Å². The van der Waals surface area contributed by atoms with Crippen LogP contribution >= 0.6 is 0 Å². The van der Waals surface area contributed by atoms with Gasteiger partial charge in [0.05, 0.1) is 25.4 Å². The van der Waals surface area contributed by atoms with Crippen LogP contribution in [-0.4, -0.2) is 58.8 Å². The standard InChI is InChI=1S/C24H28N4O2/c1-30-23-10-8-21(9-11-23)17-26-12-5-13-27(15-14-26)24(29)22-16-25-28(19-22)18-20-6-3-2-4-7-20/h2-4,6-11,16,19H,5,12-15,17-18H2,1H3. The fraction of sp³-hybridized carbons (Fsp3) is 0.333. The van der Waals surface area contributed by atoms with Crippen LogP contribution in [0.1, 0.15) is 27.9 Å². The van der Waals surface area contributed by atoms with E-state index in [1.165, 1.54) is 11.1 Å². The quantitative estimate of drug-likeness (QED) is 0.633. The van der Waals surface area contributed by atoms with E-state index in [9.17, 15) is 4.79 Å². The van der Waals surface area contributed by atoms with Gasteiger partial charge in [0.15, 0.2) is 0 Å². The lowest BCUT2D eigenvalue weighted by molar-refractivity contribution is 0.0761. The molecule has 1 aromatic heterocycles. The van der Waals surface area contributed by atoms with Gasteiger partial charge in [0.1, 0.15) is 5.75 Å². The molecule has 0 saturated carbocycles. The number of hydrogen-bond donors (Lipinski definition) is 0. The average molecular weight is 405 g/mol. The van der Waals surface area contributed by atoms with Crippen molar-refractivity contribution in [1.82, 2.24) is 19.6 Å². The molecular weight excluding hydrogens is 376 g/mol. The monoisotopic (exact) mass is 404 g/mol. The van der Waals surface area contributed by atoms with E-state index in [4.69, 9.17) is 4.74 Å². The van der Waals surface area contributed by atoms with Crippen LogP contribution in [0.3, 0.4) is 0 Å². The smallest absolute Gasteiger partial charge is 0.257 e. The molecule has 0 spiro atoms. The summed E-state index contributed by atoms with van der Waals surface area (Å²) < 4.78 is 7.06. The van der Waals surface area contributed by atoms with Gasteiger partial charge in [0.2, 0.25) is 0 Å². The van der Waals surface area contributed by atoms with Gasteiger partial charge in [-0.25, -0.2) is 0 Å². The van der Waals surface area contributed by atoms with Gasteiger partial charge in [-0.15, -0.1) is 0 Å². The molecule has 6 heteroatoms. The normalized spacial score (nSPS) is 15.0. The van der Waals surface area contributed by atoms with Crippen LogP contribution in [0.15, 0.2) is 67.0 Å². The minimum absolute atomic E-state index is 0.0700. The fourth-order valence-electron chi connectivity index (χ4n) is 3.83. The molecule has 0 unspecified atom stereocenters. The van der Waals surface area contributed by atoms with Gasteiger partial charge in [0, 0.05) is 38.9 Å². The summed E-state index contributed by atoms with van der Waals surface area (Å²) >= 11 is 0. The first kappa shape index (κ1) is 20.2. The Morgan fingerprint density at radius 3 is 2.47 bits per heavy atom. The molecule has 2 aromatic carbocycles. The van der Waals surface area contributed by atoms with Crippen molar-refractivity contribution in [3.63, 3.8) is 0 Å². The van der Waals surface area contributed by atoms with Crippen molar-refractivity contribution in [1.29, 1.82) is 0 Å². The Morgan fingerprint density at radius 1 is 0.933 bits per heavy atom. The third-order valence-corrected chi connectivity index (χ3v) is 5.51. The molecule has 1 aliphatic heterocycles. The van der Waals surface area contributed by atoms with E-state index >= 15 is 0 Å². The van der Waals surface area contributed by atoms with Crippen LogP contribution < -0.4 is 4.74 Å². The Morgan fingerprint density at radius 2 is 1.70 bits per heavy atom. The lowest BCUT2D eigenvalue weighted by Crippen LogP contribution is -2.35. The molecule has 1 aliphatic rings. The van der Waals surface area contributed by atoms with E-state index in [2.05, 4.69) is 34.3 Å². The first-order valence-electron chi connectivity index (χ1n) is 10.4. The van der Waals surface area contributed by atoms with Crippen molar-refractivity contribution in [2.45, 2.75) is 19.5 Å². The van der Waals surface area contributed by atoms with E-state index < -0.39 is 0 Å². The highest BCUT2D eigenvalue weighted by Crippen LogP contribution is 2.15. The lowest BCUT2D eigenvalue weighted by atomic mass is 10.2. The van der Waals surface area contributed by atoms with E-state index in [1.807, 2.05) is 46.1 Å². The second kappa shape index (κ2) is 9.59. The number of carbonyl (C=O) groups is 1. The molecule has 3 aromatic rings. The maximum Gasteiger partial charge on any atom is 0.257 e. The predicted octanol–water partition coefficient (Wildman–Crippen LogP) is 3.29. The van der Waals surface area contributed by atoms with E-state index in [0.29, 0.717) is 12.1 Å². The molecule has 1 saturated heterocycles.